The summed E-state index contributed by atoms with van der Waals surface area (Å²) in [5.74, 6) is -2.26. The van der Waals surface area contributed by atoms with Crippen molar-refractivity contribution in [1.29, 1.82) is 0 Å². The highest BCUT2D eigenvalue weighted by Crippen LogP contribution is 2.24. The number of hydrogen-bond acceptors (Lipinski definition) is 3. The monoisotopic (exact) mass is 408 g/mol. The number of halogens is 2. The summed E-state index contributed by atoms with van der Waals surface area (Å²) in [6.07, 6.45) is 1.30. The van der Waals surface area contributed by atoms with Gasteiger partial charge in [0.15, 0.2) is 5.65 Å². The maximum atomic E-state index is 13.8. The Morgan fingerprint density at radius 2 is 1.83 bits per heavy atom. The highest BCUT2D eigenvalue weighted by Gasteiger charge is 2.19. The lowest BCUT2D eigenvalue weighted by Gasteiger charge is -2.09. The van der Waals surface area contributed by atoms with Gasteiger partial charge in [-0.2, -0.15) is 0 Å². The third-order valence-corrected chi connectivity index (χ3v) is 5.02. The summed E-state index contributed by atoms with van der Waals surface area (Å²) in [4.78, 5) is 29.8. The normalized spacial score (nSPS) is 11.1. The van der Waals surface area contributed by atoms with Gasteiger partial charge in [0.05, 0.1) is 11.1 Å². The van der Waals surface area contributed by atoms with Gasteiger partial charge in [0, 0.05) is 17.4 Å². The molecule has 1 N–H and O–H groups in total. The minimum atomic E-state index is -0.893. The topological polar surface area (TPSA) is 68.9 Å². The van der Waals surface area contributed by atoms with Crippen molar-refractivity contribution in [1.82, 2.24) is 14.1 Å². The van der Waals surface area contributed by atoms with Gasteiger partial charge >= 0.3 is 0 Å². The highest BCUT2D eigenvalue weighted by atomic mass is 19.1. The Morgan fingerprint density at radius 3 is 2.53 bits per heavy atom. The smallest absolute Gasteiger partial charge is 0.263 e. The summed E-state index contributed by atoms with van der Waals surface area (Å²) in [5, 5.41) is 2.76. The third kappa shape index (κ3) is 3.36. The standard InChI is InChI=1S/C22H18F2N4O2/c1-13-14(2)28(16-6-4-3-5-7-16)21-20(13)22(30)27(12-25-21)11-19(29)26-18-9-8-15(23)10-17(18)24/h3-10,12H,11H2,1-2H3,(H,26,29). The first kappa shape index (κ1) is 19.5. The van der Waals surface area contributed by atoms with Crippen LogP contribution in [0.15, 0.2) is 59.7 Å². The van der Waals surface area contributed by atoms with E-state index in [4.69, 9.17) is 0 Å². The van der Waals surface area contributed by atoms with E-state index < -0.39 is 17.5 Å². The maximum absolute atomic E-state index is 13.8. The molecule has 0 aliphatic rings. The molecule has 2 aromatic heterocycles. The van der Waals surface area contributed by atoms with E-state index in [-0.39, 0.29) is 17.8 Å². The van der Waals surface area contributed by atoms with Crippen molar-refractivity contribution in [2.75, 3.05) is 5.32 Å². The number of anilines is 1. The fraction of sp³-hybridized carbons (Fsp3) is 0.136. The largest absolute Gasteiger partial charge is 0.322 e. The van der Waals surface area contributed by atoms with Gasteiger partial charge in [-0.15, -0.1) is 0 Å². The van der Waals surface area contributed by atoms with Gasteiger partial charge in [-0.1, -0.05) is 18.2 Å². The van der Waals surface area contributed by atoms with Crippen LogP contribution in [0.5, 0.6) is 0 Å². The number of carbonyl (C=O) groups is 1. The first-order valence-corrected chi connectivity index (χ1v) is 9.24. The average molecular weight is 408 g/mol. The zero-order valence-electron chi connectivity index (χ0n) is 16.3. The van der Waals surface area contributed by atoms with Gasteiger partial charge in [-0.3, -0.25) is 18.7 Å². The molecular formula is C22H18F2N4O2. The maximum Gasteiger partial charge on any atom is 0.263 e. The van der Waals surface area contributed by atoms with E-state index in [9.17, 15) is 18.4 Å². The number of carbonyl (C=O) groups excluding carboxylic acids is 1. The second-order valence-electron chi connectivity index (χ2n) is 6.93. The van der Waals surface area contributed by atoms with Crippen LogP contribution in [0.2, 0.25) is 0 Å². The number of hydrogen-bond donors (Lipinski definition) is 1. The zero-order valence-corrected chi connectivity index (χ0v) is 16.3. The molecule has 0 bridgehead atoms. The quantitative estimate of drug-likeness (QED) is 0.560. The number of nitrogens with zero attached hydrogens (tertiary/aromatic N) is 3. The molecule has 0 aliphatic heterocycles. The third-order valence-electron chi connectivity index (χ3n) is 5.02. The predicted molar refractivity (Wildman–Crippen MR) is 110 cm³/mol. The van der Waals surface area contributed by atoms with Gasteiger partial charge in [-0.05, 0) is 43.7 Å². The summed E-state index contributed by atoms with van der Waals surface area (Å²) in [5.41, 5.74) is 2.49. The van der Waals surface area contributed by atoms with E-state index in [0.29, 0.717) is 17.1 Å². The molecule has 2 aromatic carbocycles. The average Bonchev–Trinajstić information content (AvgIpc) is 2.98. The second kappa shape index (κ2) is 7.55. The van der Waals surface area contributed by atoms with Gasteiger partial charge in [-0.25, -0.2) is 13.8 Å². The van der Waals surface area contributed by atoms with Crippen molar-refractivity contribution in [2.45, 2.75) is 20.4 Å². The zero-order chi connectivity index (χ0) is 21.4. The molecule has 1 amide bonds. The molecule has 0 aliphatic carbocycles. The number of rotatable bonds is 4. The van der Waals surface area contributed by atoms with E-state index >= 15 is 0 Å². The van der Waals surface area contributed by atoms with Crippen LogP contribution in [0.25, 0.3) is 16.7 Å². The lowest BCUT2D eigenvalue weighted by atomic mass is 10.2. The molecule has 4 rings (SSSR count). The number of aromatic nitrogens is 3. The van der Waals surface area contributed by atoms with Crippen LogP contribution in [-0.2, 0) is 11.3 Å². The van der Waals surface area contributed by atoms with Gasteiger partial charge < -0.3 is 5.32 Å². The summed E-state index contributed by atoms with van der Waals surface area (Å²) in [7, 11) is 0. The van der Waals surface area contributed by atoms with Crippen LogP contribution < -0.4 is 10.9 Å². The van der Waals surface area contributed by atoms with E-state index in [1.807, 2.05) is 48.7 Å². The summed E-state index contributed by atoms with van der Waals surface area (Å²) < 4.78 is 29.8. The molecular weight excluding hydrogens is 390 g/mol. The molecule has 6 nitrogen and oxygen atoms in total. The fourth-order valence-electron chi connectivity index (χ4n) is 3.43. The summed E-state index contributed by atoms with van der Waals surface area (Å²) >= 11 is 0. The van der Waals surface area contributed by atoms with E-state index in [0.717, 1.165) is 29.1 Å². The van der Waals surface area contributed by atoms with Crippen molar-refractivity contribution in [3.63, 3.8) is 0 Å². The van der Waals surface area contributed by atoms with Gasteiger partial charge in [0.1, 0.15) is 24.5 Å². The minimum absolute atomic E-state index is 0.161. The molecule has 0 saturated heterocycles. The van der Waals surface area contributed by atoms with Crippen LogP contribution in [0.3, 0.4) is 0 Å². The number of aryl methyl sites for hydroxylation is 1. The first-order chi connectivity index (χ1) is 14.4. The molecule has 2 heterocycles. The number of benzene rings is 2. The van der Waals surface area contributed by atoms with Crippen molar-refractivity contribution in [2.24, 2.45) is 0 Å². The summed E-state index contributed by atoms with van der Waals surface area (Å²) in [6.45, 7) is 3.38. The van der Waals surface area contributed by atoms with Gasteiger partial charge in [0.25, 0.3) is 5.56 Å². The number of nitrogens with one attached hydrogen (secondary N) is 1. The Balaban J connectivity index is 1.70. The molecule has 152 valence electrons. The van der Waals surface area contributed by atoms with Crippen molar-refractivity contribution in [3.8, 4) is 5.69 Å². The molecule has 0 spiro atoms. The van der Waals surface area contributed by atoms with Gasteiger partial charge in [0.2, 0.25) is 5.91 Å². The minimum Gasteiger partial charge on any atom is -0.322 e. The molecule has 0 radical (unpaired) electrons. The number of para-hydroxylation sites is 1. The SMILES string of the molecule is Cc1c(C)n(-c2ccccc2)c2ncn(CC(=O)Nc3ccc(F)cc3F)c(=O)c12. The molecule has 0 unspecified atom stereocenters. The van der Waals surface area contributed by atoms with Crippen LogP contribution >= 0.6 is 0 Å². The molecule has 4 aromatic rings. The lowest BCUT2D eigenvalue weighted by molar-refractivity contribution is -0.116. The van der Waals surface area contributed by atoms with Crippen molar-refractivity contribution < 1.29 is 13.6 Å². The number of amides is 1. The fourth-order valence-corrected chi connectivity index (χ4v) is 3.43. The van der Waals surface area contributed by atoms with Crippen LogP contribution in [0.4, 0.5) is 14.5 Å². The van der Waals surface area contributed by atoms with Crippen LogP contribution in [0, 0.1) is 25.5 Å². The molecule has 0 saturated carbocycles. The molecule has 8 heteroatoms. The Labute approximate surface area is 170 Å². The highest BCUT2D eigenvalue weighted by molar-refractivity contribution is 5.91. The summed E-state index contributed by atoms with van der Waals surface area (Å²) in [6, 6.07) is 12.4. The Bertz CT molecular complexity index is 1330. The number of fused-ring (bicyclic) bond motifs is 1. The molecule has 30 heavy (non-hydrogen) atoms. The Morgan fingerprint density at radius 1 is 1.10 bits per heavy atom. The van der Waals surface area contributed by atoms with E-state index in [1.54, 1.807) is 0 Å². The predicted octanol–water partition coefficient (Wildman–Crippen LogP) is 3.72. The van der Waals surface area contributed by atoms with Crippen LogP contribution in [0.1, 0.15) is 11.3 Å². The van der Waals surface area contributed by atoms with Crippen molar-refractivity contribution >= 4 is 22.6 Å². The second-order valence-corrected chi connectivity index (χ2v) is 6.93. The first-order valence-electron chi connectivity index (χ1n) is 9.24. The molecule has 0 fully saturated rings. The van der Waals surface area contributed by atoms with Crippen LogP contribution in [-0.4, -0.2) is 20.0 Å². The Hall–Kier alpha value is -3.81. The Kier molecular flexibility index (Phi) is 4.91. The van der Waals surface area contributed by atoms with E-state index in [1.165, 1.54) is 10.9 Å². The molecule has 0 atom stereocenters. The lowest BCUT2D eigenvalue weighted by Crippen LogP contribution is -2.28. The van der Waals surface area contributed by atoms with Crippen molar-refractivity contribution in [3.05, 3.63) is 88.1 Å². The van der Waals surface area contributed by atoms with E-state index in [2.05, 4.69) is 10.3 Å².